The predicted octanol–water partition coefficient (Wildman–Crippen LogP) is 2.39. The second kappa shape index (κ2) is 7.04. The van der Waals surface area contributed by atoms with Gasteiger partial charge in [-0.05, 0) is 31.0 Å². The number of hydrogen-bond donors (Lipinski definition) is 1. The molecule has 1 N–H and O–H groups in total. The molecule has 0 aromatic heterocycles. The largest absolute Gasteiger partial charge is 0.387 e. The van der Waals surface area contributed by atoms with Crippen LogP contribution in [0.3, 0.4) is 0 Å². The van der Waals surface area contributed by atoms with E-state index in [1.165, 1.54) is 5.56 Å². The summed E-state index contributed by atoms with van der Waals surface area (Å²) in [5.41, 5.74) is 2.35. The molecule has 2 atom stereocenters. The van der Waals surface area contributed by atoms with Crippen molar-refractivity contribution in [3.05, 3.63) is 35.4 Å². The van der Waals surface area contributed by atoms with Crippen molar-refractivity contribution in [1.82, 2.24) is 4.90 Å². The number of nitrogens with zero attached hydrogens (tertiary/aromatic N) is 1. The van der Waals surface area contributed by atoms with Gasteiger partial charge in [0.1, 0.15) is 0 Å². The first-order valence-corrected chi connectivity index (χ1v) is 7.25. The Morgan fingerprint density at radius 3 is 2.68 bits per heavy atom. The van der Waals surface area contributed by atoms with Crippen molar-refractivity contribution in [3.63, 3.8) is 0 Å². The molecule has 0 radical (unpaired) electrons. The van der Waals surface area contributed by atoms with Gasteiger partial charge in [0.25, 0.3) is 0 Å². The van der Waals surface area contributed by atoms with E-state index in [1.54, 1.807) is 0 Å². The summed E-state index contributed by atoms with van der Waals surface area (Å²) >= 11 is 0. The van der Waals surface area contributed by atoms with Gasteiger partial charge in [-0.15, -0.1) is 0 Å². The molecule has 1 heterocycles. The lowest BCUT2D eigenvalue weighted by molar-refractivity contribution is 0.0950. The zero-order chi connectivity index (χ0) is 13.7. The van der Waals surface area contributed by atoms with Gasteiger partial charge in [0.2, 0.25) is 0 Å². The van der Waals surface area contributed by atoms with E-state index >= 15 is 0 Å². The number of hydrogen-bond acceptors (Lipinski definition) is 3. The Bertz CT molecular complexity index is 371. The van der Waals surface area contributed by atoms with Crippen molar-refractivity contribution in [2.75, 3.05) is 26.8 Å². The van der Waals surface area contributed by atoms with Crippen molar-refractivity contribution < 1.29 is 9.84 Å². The minimum Gasteiger partial charge on any atom is -0.387 e. The van der Waals surface area contributed by atoms with Gasteiger partial charge in [-0.3, -0.25) is 4.90 Å². The first-order valence-electron chi connectivity index (χ1n) is 7.25. The number of aliphatic hydroxyl groups is 1. The van der Waals surface area contributed by atoms with Gasteiger partial charge in [0.05, 0.1) is 12.7 Å². The highest BCUT2D eigenvalue weighted by Crippen LogP contribution is 2.18. The van der Waals surface area contributed by atoms with Crippen molar-refractivity contribution in [2.24, 2.45) is 0 Å². The first-order chi connectivity index (χ1) is 9.20. The van der Waals surface area contributed by atoms with Crippen LogP contribution in [-0.2, 0) is 11.2 Å². The highest BCUT2D eigenvalue weighted by atomic mass is 16.5. The van der Waals surface area contributed by atoms with E-state index in [1.807, 2.05) is 0 Å². The molecule has 3 heteroatoms. The summed E-state index contributed by atoms with van der Waals surface area (Å²) < 4.78 is 5.38. The molecular weight excluding hydrogens is 238 g/mol. The average molecular weight is 263 g/mol. The van der Waals surface area contributed by atoms with Crippen molar-refractivity contribution >= 4 is 0 Å². The van der Waals surface area contributed by atoms with E-state index in [2.05, 4.69) is 43.1 Å². The van der Waals surface area contributed by atoms with Gasteiger partial charge in [-0.25, -0.2) is 0 Å². The summed E-state index contributed by atoms with van der Waals surface area (Å²) in [6.07, 6.45) is 2.92. The molecule has 106 valence electrons. The Hall–Kier alpha value is -0.900. The van der Waals surface area contributed by atoms with E-state index in [9.17, 15) is 5.11 Å². The molecule has 1 aromatic rings. The molecule has 1 saturated heterocycles. The van der Waals surface area contributed by atoms with Crippen molar-refractivity contribution in [3.8, 4) is 0 Å². The Labute approximate surface area is 116 Å². The maximum Gasteiger partial charge on any atom is 0.0916 e. The third-order valence-electron chi connectivity index (χ3n) is 3.89. The summed E-state index contributed by atoms with van der Waals surface area (Å²) in [4.78, 5) is 2.21. The molecule has 1 aromatic carbocycles. The van der Waals surface area contributed by atoms with Crippen LogP contribution in [0.15, 0.2) is 24.3 Å². The Kier molecular flexibility index (Phi) is 5.37. The number of benzene rings is 1. The zero-order valence-electron chi connectivity index (χ0n) is 12.0. The summed E-state index contributed by atoms with van der Waals surface area (Å²) in [6.45, 7) is 4.48. The fourth-order valence-electron chi connectivity index (χ4n) is 2.59. The molecule has 19 heavy (non-hydrogen) atoms. The predicted molar refractivity (Wildman–Crippen MR) is 77.3 cm³/mol. The fraction of sp³-hybridized carbons (Fsp3) is 0.625. The minimum atomic E-state index is -0.415. The van der Waals surface area contributed by atoms with Crippen LogP contribution >= 0.6 is 0 Å². The standard InChI is InChI=1S/C16H25NO2/c1-3-4-13-5-7-14(8-6-13)16(18)11-17(2)15-9-10-19-12-15/h5-8,15-16,18H,3-4,9-12H2,1-2H3. The summed E-state index contributed by atoms with van der Waals surface area (Å²) in [5, 5.41) is 10.3. The monoisotopic (exact) mass is 263 g/mol. The zero-order valence-corrected chi connectivity index (χ0v) is 12.0. The summed E-state index contributed by atoms with van der Waals surface area (Å²) in [6, 6.07) is 8.80. The lowest BCUT2D eigenvalue weighted by Crippen LogP contribution is -2.35. The summed E-state index contributed by atoms with van der Waals surface area (Å²) in [7, 11) is 2.06. The molecule has 1 aliphatic heterocycles. The number of aliphatic hydroxyl groups excluding tert-OH is 1. The fourth-order valence-corrected chi connectivity index (χ4v) is 2.59. The molecule has 3 nitrogen and oxygen atoms in total. The molecule has 0 amide bonds. The maximum absolute atomic E-state index is 10.3. The van der Waals surface area contributed by atoms with Crippen LogP contribution in [0.2, 0.25) is 0 Å². The number of ether oxygens (including phenoxy) is 1. The Balaban J connectivity index is 1.89. The highest BCUT2D eigenvalue weighted by Gasteiger charge is 2.22. The van der Waals surface area contributed by atoms with Crippen LogP contribution in [0, 0.1) is 0 Å². The smallest absolute Gasteiger partial charge is 0.0916 e. The van der Waals surface area contributed by atoms with E-state index in [0.29, 0.717) is 12.6 Å². The van der Waals surface area contributed by atoms with Crippen LogP contribution in [0.4, 0.5) is 0 Å². The lowest BCUT2D eigenvalue weighted by atomic mass is 10.0. The highest BCUT2D eigenvalue weighted by molar-refractivity contribution is 5.24. The van der Waals surface area contributed by atoms with Crippen molar-refractivity contribution in [2.45, 2.75) is 38.3 Å². The van der Waals surface area contributed by atoms with E-state index in [-0.39, 0.29) is 0 Å². The second-order valence-corrected chi connectivity index (χ2v) is 5.46. The van der Waals surface area contributed by atoms with E-state index in [4.69, 9.17) is 4.74 Å². The number of rotatable bonds is 6. The van der Waals surface area contributed by atoms with Gasteiger partial charge in [0.15, 0.2) is 0 Å². The van der Waals surface area contributed by atoms with Crippen LogP contribution in [0.1, 0.15) is 37.0 Å². The molecule has 0 spiro atoms. The molecule has 0 bridgehead atoms. The minimum absolute atomic E-state index is 0.415. The van der Waals surface area contributed by atoms with Crippen LogP contribution in [0.5, 0.6) is 0 Å². The third-order valence-corrected chi connectivity index (χ3v) is 3.89. The van der Waals surface area contributed by atoms with Crippen LogP contribution in [-0.4, -0.2) is 42.9 Å². The van der Waals surface area contributed by atoms with Gasteiger partial charge in [-0.1, -0.05) is 37.6 Å². The number of likely N-dealkylation sites (N-methyl/N-ethyl adjacent to an activating group) is 1. The van der Waals surface area contributed by atoms with E-state index in [0.717, 1.165) is 38.0 Å². The Morgan fingerprint density at radius 2 is 2.11 bits per heavy atom. The Morgan fingerprint density at radius 1 is 1.37 bits per heavy atom. The third kappa shape index (κ3) is 4.03. The van der Waals surface area contributed by atoms with Gasteiger partial charge in [-0.2, -0.15) is 0 Å². The maximum atomic E-state index is 10.3. The molecule has 2 unspecified atom stereocenters. The number of aryl methyl sites for hydroxylation is 1. The van der Waals surface area contributed by atoms with Crippen LogP contribution in [0.25, 0.3) is 0 Å². The molecule has 1 aliphatic rings. The topological polar surface area (TPSA) is 32.7 Å². The molecule has 2 rings (SSSR count). The van der Waals surface area contributed by atoms with Crippen molar-refractivity contribution in [1.29, 1.82) is 0 Å². The molecular formula is C16H25NO2. The normalized spacial score (nSPS) is 20.9. The van der Waals surface area contributed by atoms with Gasteiger partial charge < -0.3 is 9.84 Å². The first kappa shape index (κ1) is 14.5. The molecule has 0 aliphatic carbocycles. The van der Waals surface area contributed by atoms with Gasteiger partial charge >= 0.3 is 0 Å². The van der Waals surface area contributed by atoms with Gasteiger partial charge in [0, 0.05) is 19.2 Å². The quantitative estimate of drug-likeness (QED) is 0.855. The van der Waals surface area contributed by atoms with Crippen LogP contribution < -0.4 is 0 Å². The lowest BCUT2D eigenvalue weighted by Gasteiger charge is -2.25. The van der Waals surface area contributed by atoms with E-state index < -0.39 is 6.10 Å². The molecule has 0 saturated carbocycles. The second-order valence-electron chi connectivity index (χ2n) is 5.46. The average Bonchev–Trinajstić information content (AvgIpc) is 2.94. The molecule has 1 fully saturated rings. The summed E-state index contributed by atoms with van der Waals surface area (Å²) in [5.74, 6) is 0. The SMILES string of the molecule is CCCc1ccc(C(O)CN(C)C2CCOC2)cc1.